The normalized spacial score (nSPS) is 12.8. The van der Waals surface area contributed by atoms with Crippen molar-refractivity contribution in [2.45, 2.75) is 60.3 Å². The highest BCUT2D eigenvalue weighted by atomic mass is 16.4. The number of rotatable bonds is 9. The molecule has 0 aromatic carbocycles. The van der Waals surface area contributed by atoms with E-state index in [0.717, 1.165) is 12.8 Å². The number of amidine groups is 1. The summed E-state index contributed by atoms with van der Waals surface area (Å²) in [6.07, 6.45) is 2.87. The molecule has 0 aliphatic rings. The van der Waals surface area contributed by atoms with Crippen molar-refractivity contribution in [1.29, 1.82) is 0 Å². The highest BCUT2D eigenvalue weighted by Gasteiger charge is 2.43. The predicted molar refractivity (Wildman–Crippen MR) is 82.7 cm³/mol. The Morgan fingerprint density at radius 2 is 1.75 bits per heavy atom. The minimum Gasteiger partial charge on any atom is -0.409 e. The van der Waals surface area contributed by atoms with Crippen LogP contribution >= 0.6 is 0 Å². The lowest BCUT2D eigenvalue weighted by Crippen LogP contribution is -2.52. The summed E-state index contributed by atoms with van der Waals surface area (Å²) in [7, 11) is 0. The summed E-state index contributed by atoms with van der Waals surface area (Å²) in [5, 5.41) is 12.3. The van der Waals surface area contributed by atoms with Crippen LogP contribution in [0.5, 0.6) is 0 Å². The van der Waals surface area contributed by atoms with Crippen molar-refractivity contribution in [2.24, 2.45) is 22.2 Å². The highest BCUT2D eigenvalue weighted by molar-refractivity contribution is 6.06. The van der Waals surface area contributed by atoms with Gasteiger partial charge in [-0.1, -0.05) is 45.7 Å². The van der Waals surface area contributed by atoms with Crippen molar-refractivity contribution in [3.05, 3.63) is 0 Å². The molecule has 20 heavy (non-hydrogen) atoms. The maximum atomic E-state index is 13.0. The quantitative estimate of drug-likeness (QED) is 0.296. The standard InChI is InChI=1S/C15H31N3O2/c1-6-9-15(10-7-2,13(16)17-20)14(19)18(8-3)11-12(4)5/h12,20H,6-11H2,1-5H3,(H2,16,17). The molecule has 0 aromatic rings. The lowest BCUT2D eigenvalue weighted by molar-refractivity contribution is -0.139. The van der Waals surface area contributed by atoms with E-state index in [1.807, 2.05) is 25.7 Å². The van der Waals surface area contributed by atoms with Crippen LogP contribution in [0.1, 0.15) is 60.3 Å². The zero-order chi connectivity index (χ0) is 15.8. The van der Waals surface area contributed by atoms with E-state index in [4.69, 9.17) is 10.9 Å². The van der Waals surface area contributed by atoms with Gasteiger partial charge in [0.15, 0.2) is 5.84 Å². The first-order valence-electron chi connectivity index (χ1n) is 7.66. The lowest BCUT2D eigenvalue weighted by Gasteiger charge is -2.36. The number of carbonyl (C=O) groups excluding carboxylic acids is 1. The van der Waals surface area contributed by atoms with Gasteiger partial charge in [-0.15, -0.1) is 0 Å². The lowest BCUT2D eigenvalue weighted by atomic mass is 9.76. The number of nitrogens with zero attached hydrogens (tertiary/aromatic N) is 2. The molecule has 0 radical (unpaired) electrons. The van der Waals surface area contributed by atoms with E-state index in [9.17, 15) is 4.79 Å². The molecule has 0 unspecified atom stereocenters. The van der Waals surface area contributed by atoms with Crippen LogP contribution in [0.15, 0.2) is 5.16 Å². The van der Waals surface area contributed by atoms with Gasteiger partial charge < -0.3 is 15.8 Å². The molecule has 3 N–H and O–H groups in total. The fourth-order valence-corrected chi connectivity index (χ4v) is 2.75. The van der Waals surface area contributed by atoms with Crippen LogP contribution in [0.4, 0.5) is 0 Å². The smallest absolute Gasteiger partial charge is 0.236 e. The molecule has 0 atom stereocenters. The summed E-state index contributed by atoms with van der Waals surface area (Å²) >= 11 is 0. The van der Waals surface area contributed by atoms with Crippen LogP contribution in [0.3, 0.4) is 0 Å². The largest absolute Gasteiger partial charge is 0.409 e. The van der Waals surface area contributed by atoms with Gasteiger partial charge in [-0.2, -0.15) is 0 Å². The Morgan fingerprint density at radius 1 is 1.25 bits per heavy atom. The van der Waals surface area contributed by atoms with E-state index >= 15 is 0 Å². The second-order valence-corrected chi connectivity index (χ2v) is 5.80. The topological polar surface area (TPSA) is 78.9 Å². The SMILES string of the molecule is CCCC(CCC)(C(=O)N(CC)CC(C)C)C(N)=NO. The van der Waals surface area contributed by atoms with E-state index < -0.39 is 5.41 Å². The van der Waals surface area contributed by atoms with Crippen LogP contribution in [-0.2, 0) is 4.79 Å². The predicted octanol–water partition coefficient (Wildman–Crippen LogP) is 2.82. The molecule has 0 rings (SSSR count). The summed E-state index contributed by atoms with van der Waals surface area (Å²) in [5.41, 5.74) is 5.04. The Labute approximate surface area is 123 Å². The van der Waals surface area contributed by atoms with Crippen molar-refractivity contribution in [3.8, 4) is 0 Å². The number of hydrogen-bond donors (Lipinski definition) is 2. The molecule has 0 saturated carbocycles. The maximum absolute atomic E-state index is 13.0. The summed E-state index contributed by atoms with van der Waals surface area (Å²) in [6, 6.07) is 0. The molecule has 0 aromatic heterocycles. The first-order valence-corrected chi connectivity index (χ1v) is 7.66. The minimum absolute atomic E-state index is 0.00676. The van der Waals surface area contributed by atoms with Gasteiger partial charge in [-0.05, 0) is 25.7 Å². The first kappa shape index (κ1) is 18.7. The summed E-state index contributed by atoms with van der Waals surface area (Å²) in [5.74, 6) is 0.438. The van der Waals surface area contributed by atoms with Crippen molar-refractivity contribution < 1.29 is 10.0 Å². The second-order valence-electron chi connectivity index (χ2n) is 5.80. The van der Waals surface area contributed by atoms with Gasteiger partial charge in [-0.25, -0.2) is 0 Å². The van der Waals surface area contributed by atoms with Gasteiger partial charge in [0.1, 0.15) is 5.41 Å². The molecule has 118 valence electrons. The number of nitrogens with two attached hydrogens (primary N) is 1. The van der Waals surface area contributed by atoms with Gasteiger partial charge >= 0.3 is 0 Å². The highest BCUT2D eigenvalue weighted by Crippen LogP contribution is 2.33. The van der Waals surface area contributed by atoms with Crippen LogP contribution in [0.25, 0.3) is 0 Å². The minimum atomic E-state index is -0.858. The molecule has 0 spiro atoms. The van der Waals surface area contributed by atoms with Crippen molar-refractivity contribution in [3.63, 3.8) is 0 Å². The van der Waals surface area contributed by atoms with Gasteiger partial charge in [0, 0.05) is 13.1 Å². The Balaban J connectivity index is 5.52. The third-order valence-electron chi connectivity index (χ3n) is 3.62. The van der Waals surface area contributed by atoms with Gasteiger partial charge in [-0.3, -0.25) is 4.79 Å². The number of oxime groups is 1. The van der Waals surface area contributed by atoms with Crippen molar-refractivity contribution in [1.82, 2.24) is 4.90 Å². The fourth-order valence-electron chi connectivity index (χ4n) is 2.75. The van der Waals surface area contributed by atoms with Crippen LogP contribution in [0.2, 0.25) is 0 Å². The van der Waals surface area contributed by atoms with E-state index in [1.165, 1.54) is 0 Å². The van der Waals surface area contributed by atoms with E-state index in [-0.39, 0.29) is 11.7 Å². The molecule has 5 nitrogen and oxygen atoms in total. The Kier molecular flexibility index (Phi) is 8.26. The first-order chi connectivity index (χ1) is 9.39. The van der Waals surface area contributed by atoms with Gasteiger partial charge in [0.05, 0.1) is 0 Å². The zero-order valence-electron chi connectivity index (χ0n) is 13.6. The van der Waals surface area contributed by atoms with E-state index in [0.29, 0.717) is 31.8 Å². The Bertz CT molecular complexity index is 321. The van der Waals surface area contributed by atoms with E-state index in [1.54, 1.807) is 0 Å². The number of carbonyl (C=O) groups is 1. The molecule has 0 bridgehead atoms. The zero-order valence-corrected chi connectivity index (χ0v) is 13.6. The van der Waals surface area contributed by atoms with Crippen LogP contribution in [-0.4, -0.2) is 34.9 Å². The van der Waals surface area contributed by atoms with Gasteiger partial charge in [0.25, 0.3) is 0 Å². The molecule has 0 saturated heterocycles. The second kappa shape index (κ2) is 8.82. The third kappa shape index (κ3) is 4.39. The summed E-state index contributed by atoms with van der Waals surface area (Å²) in [6.45, 7) is 11.5. The van der Waals surface area contributed by atoms with Crippen molar-refractivity contribution >= 4 is 11.7 Å². The van der Waals surface area contributed by atoms with E-state index in [2.05, 4.69) is 19.0 Å². The average molecular weight is 285 g/mol. The molecular weight excluding hydrogens is 254 g/mol. The summed E-state index contributed by atoms with van der Waals surface area (Å²) in [4.78, 5) is 14.8. The number of amides is 1. The molecule has 0 aliphatic heterocycles. The monoisotopic (exact) mass is 285 g/mol. The molecule has 1 amide bonds. The van der Waals surface area contributed by atoms with Crippen molar-refractivity contribution in [2.75, 3.05) is 13.1 Å². The fraction of sp³-hybridized carbons (Fsp3) is 0.867. The molecule has 0 fully saturated rings. The molecular formula is C15H31N3O2. The maximum Gasteiger partial charge on any atom is 0.236 e. The molecule has 5 heteroatoms. The number of hydrogen-bond acceptors (Lipinski definition) is 3. The average Bonchev–Trinajstić information content (AvgIpc) is 2.42. The molecule has 0 heterocycles. The third-order valence-corrected chi connectivity index (χ3v) is 3.62. The Morgan fingerprint density at radius 3 is 2.05 bits per heavy atom. The van der Waals surface area contributed by atoms with Crippen LogP contribution < -0.4 is 5.73 Å². The molecule has 0 aliphatic carbocycles. The Hall–Kier alpha value is -1.26. The van der Waals surface area contributed by atoms with Crippen LogP contribution in [0, 0.1) is 11.3 Å². The summed E-state index contributed by atoms with van der Waals surface area (Å²) < 4.78 is 0. The van der Waals surface area contributed by atoms with Gasteiger partial charge in [0.2, 0.25) is 5.91 Å².